The molecular formula is C12H20O3. The van der Waals surface area contributed by atoms with Crippen LogP contribution < -0.4 is 0 Å². The Morgan fingerprint density at radius 3 is 1.87 bits per heavy atom. The molecule has 0 radical (unpaired) electrons. The van der Waals surface area contributed by atoms with Crippen LogP contribution in [-0.2, 0) is 14.3 Å². The minimum atomic E-state index is -0.577. The lowest BCUT2D eigenvalue weighted by atomic mass is 9.88. The fourth-order valence-electron chi connectivity index (χ4n) is 0.980. The molecule has 0 fully saturated rings. The van der Waals surface area contributed by atoms with Gasteiger partial charge in [0.1, 0.15) is 5.78 Å². The molecule has 0 saturated heterocycles. The van der Waals surface area contributed by atoms with Gasteiger partial charge < -0.3 is 9.47 Å². The summed E-state index contributed by atoms with van der Waals surface area (Å²) in [6, 6.07) is 0. The van der Waals surface area contributed by atoms with E-state index in [1.165, 1.54) is 0 Å². The number of hydrogen-bond acceptors (Lipinski definition) is 3. The van der Waals surface area contributed by atoms with Crippen LogP contribution in [-0.4, -0.2) is 32.2 Å². The highest BCUT2D eigenvalue weighted by Gasteiger charge is 2.30. The number of rotatable bonds is 9. The minimum absolute atomic E-state index is 0.0654. The molecule has 0 atom stereocenters. The summed E-state index contributed by atoms with van der Waals surface area (Å²) in [5.74, 6) is 0.0654. The second-order valence-electron chi connectivity index (χ2n) is 3.72. The summed E-state index contributed by atoms with van der Waals surface area (Å²) < 4.78 is 10.6. The fraction of sp³-hybridized carbons (Fsp3) is 0.583. The quantitative estimate of drug-likeness (QED) is 0.433. The van der Waals surface area contributed by atoms with Gasteiger partial charge in [-0.15, -0.1) is 13.2 Å². The molecule has 0 saturated carbocycles. The van der Waals surface area contributed by atoms with E-state index < -0.39 is 5.41 Å². The molecule has 86 valence electrons. The van der Waals surface area contributed by atoms with E-state index in [0.29, 0.717) is 26.4 Å². The zero-order valence-corrected chi connectivity index (χ0v) is 9.62. The molecule has 0 spiro atoms. The summed E-state index contributed by atoms with van der Waals surface area (Å²) in [5, 5.41) is 0. The van der Waals surface area contributed by atoms with Gasteiger partial charge in [-0.2, -0.15) is 0 Å². The first-order chi connectivity index (χ1) is 7.06. The number of carbonyl (C=O) groups is 1. The third-order valence-corrected chi connectivity index (χ3v) is 2.16. The molecule has 0 aromatic heterocycles. The Bertz CT molecular complexity index is 207. The van der Waals surface area contributed by atoms with Crippen LogP contribution >= 0.6 is 0 Å². The summed E-state index contributed by atoms with van der Waals surface area (Å²) in [6.45, 7) is 12.1. The van der Waals surface area contributed by atoms with Crippen molar-refractivity contribution in [3.05, 3.63) is 25.3 Å². The van der Waals surface area contributed by atoms with Gasteiger partial charge in [0.2, 0.25) is 0 Å². The second kappa shape index (κ2) is 7.37. The molecule has 0 aromatic rings. The number of Topliss-reactive ketones (excluding diaryl/α,β-unsaturated/α-hetero) is 1. The Balaban J connectivity index is 4.12. The van der Waals surface area contributed by atoms with E-state index in [1.807, 2.05) is 6.92 Å². The SMILES string of the molecule is C=CCOCC(C)(COCC=C)C(C)=O. The zero-order chi connectivity index (χ0) is 11.7. The summed E-state index contributed by atoms with van der Waals surface area (Å²) in [6.07, 6.45) is 3.32. The Kier molecular flexibility index (Phi) is 6.92. The maximum atomic E-state index is 11.4. The van der Waals surface area contributed by atoms with Crippen molar-refractivity contribution < 1.29 is 14.3 Å². The zero-order valence-electron chi connectivity index (χ0n) is 9.62. The molecule has 15 heavy (non-hydrogen) atoms. The molecule has 0 N–H and O–H groups in total. The Morgan fingerprint density at radius 2 is 1.60 bits per heavy atom. The molecule has 3 nitrogen and oxygen atoms in total. The monoisotopic (exact) mass is 212 g/mol. The molecule has 0 unspecified atom stereocenters. The van der Waals surface area contributed by atoms with Gasteiger partial charge in [-0.05, 0) is 13.8 Å². The third kappa shape index (κ3) is 5.50. The highest BCUT2D eigenvalue weighted by molar-refractivity contribution is 5.82. The van der Waals surface area contributed by atoms with Crippen molar-refractivity contribution in [3.8, 4) is 0 Å². The van der Waals surface area contributed by atoms with Crippen LogP contribution in [0.3, 0.4) is 0 Å². The molecule has 0 amide bonds. The number of hydrogen-bond donors (Lipinski definition) is 0. The summed E-state index contributed by atoms with van der Waals surface area (Å²) in [5.41, 5.74) is -0.577. The summed E-state index contributed by atoms with van der Waals surface area (Å²) in [7, 11) is 0. The van der Waals surface area contributed by atoms with Gasteiger partial charge in [0, 0.05) is 0 Å². The molecule has 0 bridgehead atoms. The highest BCUT2D eigenvalue weighted by Crippen LogP contribution is 2.18. The Hall–Kier alpha value is -0.930. The van der Waals surface area contributed by atoms with Gasteiger partial charge >= 0.3 is 0 Å². The van der Waals surface area contributed by atoms with Gasteiger partial charge in [0.15, 0.2) is 0 Å². The fourth-order valence-corrected chi connectivity index (χ4v) is 0.980. The van der Waals surface area contributed by atoms with Crippen molar-refractivity contribution in [2.75, 3.05) is 26.4 Å². The van der Waals surface area contributed by atoms with Crippen LogP contribution in [0.5, 0.6) is 0 Å². The van der Waals surface area contributed by atoms with Gasteiger partial charge in [0.25, 0.3) is 0 Å². The van der Waals surface area contributed by atoms with Crippen LogP contribution in [0.1, 0.15) is 13.8 Å². The number of ketones is 1. The predicted molar refractivity (Wildman–Crippen MR) is 60.8 cm³/mol. The second-order valence-corrected chi connectivity index (χ2v) is 3.72. The lowest BCUT2D eigenvalue weighted by Crippen LogP contribution is -2.36. The van der Waals surface area contributed by atoms with Crippen LogP contribution in [0, 0.1) is 5.41 Å². The number of ether oxygens (including phenoxy) is 2. The van der Waals surface area contributed by atoms with E-state index in [9.17, 15) is 4.79 Å². The predicted octanol–water partition coefficient (Wildman–Crippen LogP) is 1.99. The molecule has 0 rings (SSSR count). The summed E-state index contributed by atoms with van der Waals surface area (Å²) >= 11 is 0. The van der Waals surface area contributed by atoms with E-state index in [-0.39, 0.29) is 5.78 Å². The number of carbonyl (C=O) groups excluding carboxylic acids is 1. The van der Waals surface area contributed by atoms with E-state index >= 15 is 0 Å². The molecule has 0 aliphatic rings. The third-order valence-electron chi connectivity index (χ3n) is 2.16. The van der Waals surface area contributed by atoms with Crippen LogP contribution in [0.2, 0.25) is 0 Å². The van der Waals surface area contributed by atoms with Crippen LogP contribution in [0.25, 0.3) is 0 Å². The van der Waals surface area contributed by atoms with Gasteiger partial charge in [-0.25, -0.2) is 0 Å². The van der Waals surface area contributed by atoms with Gasteiger partial charge in [0.05, 0.1) is 31.8 Å². The average Bonchev–Trinajstić information content (AvgIpc) is 2.18. The highest BCUT2D eigenvalue weighted by atomic mass is 16.5. The standard InChI is InChI=1S/C12H20O3/c1-5-7-14-9-12(4,11(3)13)10-15-8-6-2/h5-6H,1-2,7-10H2,3-4H3. The van der Waals surface area contributed by atoms with Crippen LogP contribution in [0.4, 0.5) is 0 Å². The Labute approximate surface area is 91.8 Å². The lowest BCUT2D eigenvalue weighted by Gasteiger charge is -2.25. The van der Waals surface area contributed by atoms with Gasteiger partial charge in [-0.3, -0.25) is 4.79 Å². The maximum Gasteiger partial charge on any atom is 0.140 e. The van der Waals surface area contributed by atoms with E-state index in [0.717, 1.165) is 0 Å². The normalized spacial score (nSPS) is 11.1. The molecule has 0 aliphatic heterocycles. The largest absolute Gasteiger partial charge is 0.376 e. The van der Waals surface area contributed by atoms with Crippen molar-refractivity contribution >= 4 is 5.78 Å². The first kappa shape index (κ1) is 14.1. The first-order valence-corrected chi connectivity index (χ1v) is 4.95. The van der Waals surface area contributed by atoms with Crippen molar-refractivity contribution in [2.24, 2.45) is 5.41 Å². The lowest BCUT2D eigenvalue weighted by molar-refractivity contribution is -0.133. The van der Waals surface area contributed by atoms with E-state index in [2.05, 4.69) is 13.2 Å². The summed E-state index contributed by atoms with van der Waals surface area (Å²) in [4.78, 5) is 11.4. The average molecular weight is 212 g/mol. The molecule has 0 aromatic carbocycles. The van der Waals surface area contributed by atoms with E-state index in [1.54, 1.807) is 19.1 Å². The minimum Gasteiger partial charge on any atom is -0.376 e. The molecule has 3 heteroatoms. The Morgan fingerprint density at radius 1 is 1.20 bits per heavy atom. The molecule has 0 heterocycles. The smallest absolute Gasteiger partial charge is 0.140 e. The van der Waals surface area contributed by atoms with E-state index in [4.69, 9.17) is 9.47 Å². The first-order valence-electron chi connectivity index (χ1n) is 4.95. The van der Waals surface area contributed by atoms with Gasteiger partial charge in [-0.1, -0.05) is 12.2 Å². The molecule has 0 aliphatic carbocycles. The van der Waals surface area contributed by atoms with Crippen molar-refractivity contribution in [1.29, 1.82) is 0 Å². The van der Waals surface area contributed by atoms with Crippen molar-refractivity contribution in [3.63, 3.8) is 0 Å². The molecular weight excluding hydrogens is 192 g/mol. The van der Waals surface area contributed by atoms with Crippen molar-refractivity contribution in [2.45, 2.75) is 13.8 Å². The van der Waals surface area contributed by atoms with Crippen LogP contribution in [0.15, 0.2) is 25.3 Å². The van der Waals surface area contributed by atoms with Crippen molar-refractivity contribution in [1.82, 2.24) is 0 Å². The topological polar surface area (TPSA) is 35.5 Å². The maximum absolute atomic E-state index is 11.4.